The number of aromatic nitrogens is 4. The molecule has 1 saturated heterocycles. The van der Waals surface area contributed by atoms with Crippen molar-refractivity contribution in [2.45, 2.75) is 18.9 Å². The number of anilines is 2. The van der Waals surface area contributed by atoms with Crippen molar-refractivity contribution in [1.29, 1.82) is 0 Å². The smallest absolute Gasteiger partial charge is 0.225 e. The van der Waals surface area contributed by atoms with E-state index >= 15 is 0 Å². The number of fused-ring (bicyclic) bond motifs is 1. The summed E-state index contributed by atoms with van der Waals surface area (Å²) in [7, 11) is 0. The number of nitrogens with zero attached hydrogens (tertiary/aromatic N) is 4. The van der Waals surface area contributed by atoms with Crippen LogP contribution in [0.4, 0.5) is 20.5 Å². The molecule has 7 nitrogen and oxygen atoms in total. The highest BCUT2D eigenvalue weighted by atomic mass is 19.1. The van der Waals surface area contributed by atoms with Gasteiger partial charge in [0.1, 0.15) is 17.5 Å². The number of nitrogen functional groups attached to an aromatic ring is 1. The number of rotatable bonds is 5. The standard InChI is InChI=1S/C22H20F2N6O/c23-14-5-3-13(4-6-14)19-18-20(25)30(16-9-7-15(24)8-10-16)29-21(18)28-22(27-19)26-12-17-2-1-11-31-17/h3-10,17H,1-2,11-12,25H2,(H,26,28,29)/t17-/m0/s1. The largest absolute Gasteiger partial charge is 0.383 e. The molecule has 9 heteroatoms. The lowest BCUT2D eigenvalue weighted by Crippen LogP contribution is -2.19. The molecule has 1 atom stereocenters. The molecule has 2 aromatic carbocycles. The lowest BCUT2D eigenvalue weighted by atomic mass is 10.1. The number of ether oxygens (including phenoxy) is 1. The fraction of sp³-hybridized carbons (Fsp3) is 0.227. The maximum absolute atomic E-state index is 13.5. The van der Waals surface area contributed by atoms with Crippen LogP contribution in [0.5, 0.6) is 0 Å². The number of nitrogens with one attached hydrogen (secondary N) is 1. The molecule has 0 saturated carbocycles. The number of hydrogen-bond acceptors (Lipinski definition) is 6. The molecular weight excluding hydrogens is 402 g/mol. The van der Waals surface area contributed by atoms with E-state index in [9.17, 15) is 8.78 Å². The van der Waals surface area contributed by atoms with Crippen LogP contribution in [0.2, 0.25) is 0 Å². The average Bonchev–Trinajstić information content (AvgIpc) is 3.41. The topological polar surface area (TPSA) is 90.9 Å². The van der Waals surface area contributed by atoms with Gasteiger partial charge in [0.05, 0.1) is 22.9 Å². The molecule has 0 amide bonds. The summed E-state index contributed by atoms with van der Waals surface area (Å²) in [5.74, 6) is -0.00936. The fourth-order valence-corrected chi connectivity index (χ4v) is 3.70. The first-order valence-electron chi connectivity index (χ1n) is 10.0. The molecule has 3 N–H and O–H groups in total. The SMILES string of the molecule is Nc1c2c(-c3ccc(F)cc3)nc(NC[C@@H]3CCCO3)nc2nn1-c1ccc(F)cc1. The molecule has 158 valence electrons. The molecule has 2 aromatic heterocycles. The zero-order valence-electron chi connectivity index (χ0n) is 16.6. The lowest BCUT2D eigenvalue weighted by molar-refractivity contribution is 0.120. The van der Waals surface area contributed by atoms with E-state index in [1.165, 1.54) is 28.9 Å². The third-order valence-corrected chi connectivity index (χ3v) is 5.27. The van der Waals surface area contributed by atoms with Crippen LogP contribution in [0.1, 0.15) is 12.8 Å². The Kier molecular flexibility index (Phi) is 4.95. The summed E-state index contributed by atoms with van der Waals surface area (Å²) >= 11 is 0. The Hall–Kier alpha value is -3.59. The molecule has 0 radical (unpaired) electrons. The highest BCUT2D eigenvalue weighted by Gasteiger charge is 2.21. The minimum Gasteiger partial charge on any atom is -0.383 e. The van der Waals surface area contributed by atoms with E-state index < -0.39 is 0 Å². The van der Waals surface area contributed by atoms with E-state index in [2.05, 4.69) is 20.4 Å². The van der Waals surface area contributed by atoms with Crippen LogP contribution in [-0.4, -0.2) is 39.0 Å². The molecule has 31 heavy (non-hydrogen) atoms. The first-order valence-corrected chi connectivity index (χ1v) is 10.0. The average molecular weight is 422 g/mol. The fourth-order valence-electron chi connectivity index (χ4n) is 3.70. The van der Waals surface area contributed by atoms with Gasteiger partial charge in [0.25, 0.3) is 0 Å². The molecule has 1 fully saturated rings. The van der Waals surface area contributed by atoms with Gasteiger partial charge < -0.3 is 15.8 Å². The lowest BCUT2D eigenvalue weighted by Gasteiger charge is -2.12. The Morgan fingerprint density at radius 3 is 2.42 bits per heavy atom. The highest BCUT2D eigenvalue weighted by molar-refractivity contribution is 5.99. The number of benzene rings is 2. The van der Waals surface area contributed by atoms with Crippen molar-refractivity contribution in [3.8, 4) is 16.9 Å². The van der Waals surface area contributed by atoms with Gasteiger partial charge in [-0.3, -0.25) is 0 Å². The van der Waals surface area contributed by atoms with Crippen molar-refractivity contribution in [3.05, 3.63) is 60.2 Å². The van der Waals surface area contributed by atoms with E-state index in [0.29, 0.717) is 46.3 Å². The molecule has 1 aliphatic rings. The third-order valence-electron chi connectivity index (χ3n) is 5.27. The molecule has 0 unspecified atom stereocenters. The molecule has 3 heterocycles. The zero-order valence-corrected chi connectivity index (χ0v) is 16.6. The number of halogens is 2. The Bertz CT molecular complexity index is 1220. The van der Waals surface area contributed by atoms with Crippen molar-refractivity contribution in [2.24, 2.45) is 0 Å². The molecule has 1 aliphatic heterocycles. The van der Waals surface area contributed by atoms with Gasteiger partial charge in [-0.1, -0.05) is 0 Å². The van der Waals surface area contributed by atoms with Crippen molar-refractivity contribution < 1.29 is 13.5 Å². The molecule has 5 rings (SSSR count). The summed E-state index contributed by atoms with van der Waals surface area (Å²) in [6, 6.07) is 11.8. The third kappa shape index (κ3) is 3.79. The molecule has 0 aliphatic carbocycles. The predicted molar refractivity (Wildman–Crippen MR) is 114 cm³/mol. The summed E-state index contributed by atoms with van der Waals surface area (Å²) in [6.45, 7) is 1.33. The van der Waals surface area contributed by atoms with Crippen molar-refractivity contribution in [2.75, 3.05) is 24.2 Å². The quantitative estimate of drug-likeness (QED) is 0.506. The molecule has 0 spiro atoms. The normalized spacial score (nSPS) is 16.1. The van der Waals surface area contributed by atoms with Gasteiger partial charge in [0.2, 0.25) is 5.95 Å². The van der Waals surface area contributed by atoms with Gasteiger partial charge in [-0.05, 0) is 61.4 Å². The first-order chi connectivity index (χ1) is 15.1. The number of nitrogens with two attached hydrogens (primary N) is 1. The number of hydrogen-bond donors (Lipinski definition) is 2. The Balaban J connectivity index is 1.62. The van der Waals surface area contributed by atoms with Crippen LogP contribution >= 0.6 is 0 Å². The Labute approximate surface area is 176 Å². The second kappa shape index (κ2) is 7.92. The van der Waals surface area contributed by atoms with Crippen LogP contribution in [0, 0.1) is 11.6 Å². The summed E-state index contributed by atoms with van der Waals surface area (Å²) in [5.41, 5.74) is 8.60. The van der Waals surface area contributed by atoms with Crippen LogP contribution in [0.3, 0.4) is 0 Å². The Morgan fingerprint density at radius 1 is 1.03 bits per heavy atom. The van der Waals surface area contributed by atoms with Gasteiger partial charge in [-0.15, -0.1) is 5.10 Å². The van der Waals surface area contributed by atoms with Crippen molar-refractivity contribution >= 4 is 22.8 Å². The van der Waals surface area contributed by atoms with Crippen LogP contribution in [0.25, 0.3) is 28.0 Å². The zero-order chi connectivity index (χ0) is 21.4. The van der Waals surface area contributed by atoms with Crippen molar-refractivity contribution in [1.82, 2.24) is 19.7 Å². The van der Waals surface area contributed by atoms with Crippen molar-refractivity contribution in [3.63, 3.8) is 0 Å². The molecule has 4 aromatic rings. The summed E-state index contributed by atoms with van der Waals surface area (Å²) in [5, 5.41) is 8.28. The maximum Gasteiger partial charge on any atom is 0.225 e. The Morgan fingerprint density at radius 2 is 1.74 bits per heavy atom. The second-order valence-corrected chi connectivity index (χ2v) is 7.39. The minimum absolute atomic E-state index is 0.107. The van der Waals surface area contributed by atoms with E-state index in [0.717, 1.165) is 19.4 Å². The van der Waals surface area contributed by atoms with Crippen LogP contribution < -0.4 is 11.1 Å². The van der Waals surface area contributed by atoms with Gasteiger partial charge in [0, 0.05) is 18.7 Å². The summed E-state index contributed by atoms with van der Waals surface area (Å²) in [6.07, 6.45) is 2.12. The van der Waals surface area contributed by atoms with Gasteiger partial charge in [-0.25, -0.2) is 18.4 Å². The van der Waals surface area contributed by atoms with Crippen LogP contribution in [-0.2, 0) is 4.74 Å². The summed E-state index contributed by atoms with van der Waals surface area (Å²) < 4.78 is 34.0. The van der Waals surface area contributed by atoms with Gasteiger partial charge in [0.15, 0.2) is 5.65 Å². The highest BCUT2D eigenvalue weighted by Crippen LogP contribution is 2.33. The minimum atomic E-state index is -0.355. The second-order valence-electron chi connectivity index (χ2n) is 7.39. The van der Waals surface area contributed by atoms with E-state index in [1.54, 1.807) is 24.3 Å². The van der Waals surface area contributed by atoms with E-state index in [1.807, 2.05) is 0 Å². The first kappa shape index (κ1) is 19.4. The molecule has 0 bridgehead atoms. The van der Waals surface area contributed by atoms with E-state index in [4.69, 9.17) is 10.5 Å². The summed E-state index contributed by atoms with van der Waals surface area (Å²) in [4.78, 5) is 9.18. The molecular formula is C22H20F2N6O. The van der Waals surface area contributed by atoms with E-state index in [-0.39, 0.29) is 17.7 Å². The monoisotopic (exact) mass is 422 g/mol. The van der Waals surface area contributed by atoms with Gasteiger partial charge >= 0.3 is 0 Å². The van der Waals surface area contributed by atoms with Crippen LogP contribution in [0.15, 0.2) is 48.5 Å². The predicted octanol–water partition coefficient (Wildman–Crippen LogP) is 3.93. The van der Waals surface area contributed by atoms with Gasteiger partial charge in [-0.2, -0.15) is 4.98 Å². The maximum atomic E-state index is 13.5.